The van der Waals surface area contributed by atoms with E-state index >= 15 is 0 Å². The third kappa shape index (κ3) is 4.70. The third-order valence-corrected chi connectivity index (χ3v) is 5.55. The first-order valence-corrected chi connectivity index (χ1v) is 9.88. The number of nitrogens with one attached hydrogen (secondary N) is 1. The number of carbonyl (C=O) groups excluding carboxylic acids is 2. The van der Waals surface area contributed by atoms with Crippen molar-refractivity contribution >= 4 is 23.1 Å². The van der Waals surface area contributed by atoms with Gasteiger partial charge in [-0.3, -0.25) is 14.5 Å². The Hall–Kier alpha value is -3.79. The van der Waals surface area contributed by atoms with Crippen LogP contribution in [0.15, 0.2) is 54.5 Å². The fourth-order valence-corrected chi connectivity index (χ4v) is 3.44. The number of rotatable bonds is 6. The van der Waals surface area contributed by atoms with Crippen molar-refractivity contribution in [2.45, 2.75) is 19.6 Å². The maximum absolute atomic E-state index is 13.9. The molecule has 10 heteroatoms. The maximum atomic E-state index is 13.9. The molecular weight excluding hydrogens is 437 g/mol. The second-order valence-corrected chi connectivity index (χ2v) is 7.61. The molecular formula is C23H23F3N4O3. The van der Waals surface area contributed by atoms with Gasteiger partial charge in [0.1, 0.15) is 17.5 Å². The van der Waals surface area contributed by atoms with E-state index in [0.29, 0.717) is 34.7 Å². The lowest BCUT2D eigenvalue weighted by molar-refractivity contribution is -0.184. The van der Waals surface area contributed by atoms with Crippen molar-refractivity contribution in [2.24, 2.45) is 0 Å². The number of carbonyl (C=O) groups is 2. The molecule has 1 heterocycles. The van der Waals surface area contributed by atoms with Gasteiger partial charge < -0.3 is 16.0 Å². The van der Waals surface area contributed by atoms with E-state index in [-0.39, 0.29) is 12.3 Å². The van der Waals surface area contributed by atoms with Crippen LogP contribution in [0.2, 0.25) is 0 Å². The Morgan fingerprint density at radius 2 is 1.79 bits per heavy atom. The SMILES string of the molecule is C=C1N(C)C(=O)C(c2ccc(CC(NC(=O)c3cc(F)c(N)cc3F)OF)cc2)=C(C)N1C. The lowest BCUT2D eigenvalue weighted by atomic mass is 9.98. The van der Waals surface area contributed by atoms with Gasteiger partial charge in [-0.25, -0.2) is 8.78 Å². The van der Waals surface area contributed by atoms with Crippen LogP contribution in [0.5, 0.6) is 0 Å². The van der Waals surface area contributed by atoms with Crippen LogP contribution in [0.1, 0.15) is 28.4 Å². The Labute approximate surface area is 188 Å². The number of halogens is 3. The first-order valence-electron chi connectivity index (χ1n) is 9.88. The summed E-state index contributed by atoms with van der Waals surface area (Å²) in [5.41, 5.74) is 6.61. The summed E-state index contributed by atoms with van der Waals surface area (Å²) in [7, 11) is 3.43. The zero-order valence-corrected chi connectivity index (χ0v) is 18.3. The van der Waals surface area contributed by atoms with Gasteiger partial charge in [-0.2, -0.15) is 4.94 Å². The zero-order valence-electron chi connectivity index (χ0n) is 18.3. The van der Waals surface area contributed by atoms with E-state index in [1.807, 2.05) is 0 Å². The summed E-state index contributed by atoms with van der Waals surface area (Å²) in [5, 5.41) is 2.16. The molecule has 0 spiro atoms. The van der Waals surface area contributed by atoms with Gasteiger partial charge >= 0.3 is 0 Å². The predicted octanol–water partition coefficient (Wildman–Crippen LogP) is 3.35. The predicted molar refractivity (Wildman–Crippen MR) is 117 cm³/mol. The monoisotopic (exact) mass is 460 g/mol. The van der Waals surface area contributed by atoms with Crippen LogP contribution in [0.25, 0.3) is 5.57 Å². The summed E-state index contributed by atoms with van der Waals surface area (Å²) in [6, 6.07) is 7.97. The molecule has 0 bridgehead atoms. The summed E-state index contributed by atoms with van der Waals surface area (Å²) in [4.78, 5) is 32.0. The molecule has 3 rings (SSSR count). The molecule has 0 aromatic heterocycles. The molecule has 0 aliphatic carbocycles. The molecule has 0 radical (unpaired) electrons. The molecule has 2 aromatic carbocycles. The minimum absolute atomic E-state index is 0.107. The smallest absolute Gasteiger partial charge is 0.261 e. The number of likely N-dealkylation sites (N-methyl/N-ethyl adjacent to an activating group) is 1. The summed E-state index contributed by atoms with van der Waals surface area (Å²) in [6.45, 7) is 5.69. The van der Waals surface area contributed by atoms with Gasteiger partial charge in [0.05, 0.1) is 16.8 Å². The number of amides is 2. The molecule has 0 saturated carbocycles. The highest BCUT2D eigenvalue weighted by Crippen LogP contribution is 2.31. The fourth-order valence-electron chi connectivity index (χ4n) is 3.44. The van der Waals surface area contributed by atoms with Gasteiger partial charge in [0, 0.05) is 32.3 Å². The molecule has 1 unspecified atom stereocenters. The van der Waals surface area contributed by atoms with Gasteiger partial charge in [0.2, 0.25) is 0 Å². The number of nitrogens with zero attached hydrogens (tertiary/aromatic N) is 2. The van der Waals surface area contributed by atoms with E-state index in [4.69, 9.17) is 5.73 Å². The Bertz CT molecular complexity index is 1150. The molecule has 33 heavy (non-hydrogen) atoms. The number of hydrogen-bond donors (Lipinski definition) is 2. The van der Waals surface area contributed by atoms with Crippen LogP contribution < -0.4 is 11.1 Å². The van der Waals surface area contributed by atoms with Gasteiger partial charge in [0.15, 0.2) is 6.23 Å². The second-order valence-electron chi connectivity index (χ2n) is 7.61. The van der Waals surface area contributed by atoms with E-state index in [2.05, 4.69) is 16.8 Å². The molecule has 7 nitrogen and oxygen atoms in total. The van der Waals surface area contributed by atoms with Crippen LogP contribution in [-0.2, 0) is 16.2 Å². The Kier molecular flexibility index (Phi) is 6.78. The Morgan fingerprint density at radius 3 is 2.39 bits per heavy atom. The number of allylic oxidation sites excluding steroid dienone is 1. The average molecular weight is 460 g/mol. The van der Waals surface area contributed by atoms with Gasteiger partial charge in [0.25, 0.3) is 11.8 Å². The third-order valence-electron chi connectivity index (χ3n) is 5.55. The largest absolute Gasteiger partial charge is 0.396 e. The van der Waals surface area contributed by atoms with Crippen molar-refractivity contribution in [2.75, 3.05) is 19.8 Å². The summed E-state index contributed by atoms with van der Waals surface area (Å²) >= 11 is 0. The van der Waals surface area contributed by atoms with Crippen molar-refractivity contribution in [3.05, 3.63) is 82.8 Å². The summed E-state index contributed by atoms with van der Waals surface area (Å²) in [5.74, 6) is -2.75. The van der Waals surface area contributed by atoms with E-state index in [9.17, 15) is 22.9 Å². The van der Waals surface area contributed by atoms with Crippen LogP contribution >= 0.6 is 0 Å². The number of anilines is 1. The van der Waals surface area contributed by atoms with E-state index < -0.39 is 35.0 Å². The van der Waals surface area contributed by atoms with Crippen LogP contribution in [0.3, 0.4) is 0 Å². The van der Waals surface area contributed by atoms with E-state index in [0.717, 1.165) is 5.70 Å². The zero-order chi connectivity index (χ0) is 24.4. The Balaban J connectivity index is 1.76. The minimum atomic E-state index is -1.46. The topological polar surface area (TPSA) is 87.9 Å². The molecule has 2 amide bonds. The van der Waals surface area contributed by atoms with Crippen LogP contribution in [0.4, 0.5) is 19.0 Å². The highest BCUT2D eigenvalue weighted by atomic mass is 19.3. The number of benzene rings is 2. The first kappa shape index (κ1) is 23.9. The highest BCUT2D eigenvalue weighted by Gasteiger charge is 2.29. The maximum Gasteiger partial charge on any atom is 0.261 e. The summed E-state index contributed by atoms with van der Waals surface area (Å²) in [6.07, 6.45) is -1.56. The average Bonchev–Trinajstić information content (AvgIpc) is 2.79. The highest BCUT2D eigenvalue weighted by molar-refractivity contribution is 6.21. The van der Waals surface area contributed by atoms with E-state index in [1.54, 1.807) is 50.2 Å². The standard InChI is InChI=1S/C23H23F3N4O3/c1-12-21(23(32)30(4)13(2)29(12)3)15-7-5-14(6-8-15)9-20(33-26)28-22(31)16-10-18(25)19(27)11-17(16)24/h5-8,10-11,20H,2,9,27H2,1,3-4H3,(H,28,31). The first-order chi connectivity index (χ1) is 15.5. The number of nitrogens with two attached hydrogens (primary N) is 1. The molecule has 1 aliphatic heterocycles. The lowest BCUT2D eigenvalue weighted by Crippen LogP contribution is -2.39. The Morgan fingerprint density at radius 1 is 1.15 bits per heavy atom. The molecule has 3 N–H and O–H groups in total. The molecule has 174 valence electrons. The van der Waals surface area contributed by atoms with Gasteiger partial charge in [-0.1, -0.05) is 30.8 Å². The molecule has 1 aliphatic rings. The minimum Gasteiger partial charge on any atom is -0.396 e. The quantitative estimate of drug-likeness (QED) is 0.510. The van der Waals surface area contributed by atoms with Gasteiger partial charge in [-0.15, -0.1) is 0 Å². The molecule has 0 fully saturated rings. The number of nitrogen functional groups attached to an aromatic ring is 1. The van der Waals surface area contributed by atoms with Crippen molar-refractivity contribution in [1.82, 2.24) is 15.1 Å². The molecule has 1 atom stereocenters. The second kappa shape index (κ2) is 9.37. The van der Waals surface area contributed by atoms with Crippen molar-refractivity contribution in [1.29, 1.82) is 0 Å². The molecule has 2 aromatic rings. The van der Waals surface area contributed by atoms with Gasteiger partial charge in [-0.05, 0) is 28.6 Å². The van der Waals surface area contributed by atoms with E-state index in [1.165, 1.54) is 4.90 Å². The van der Waals surface area contributed by atoms with Crippen molar-refractivity contribution in [3.8, 4) is 0 Å². The van der Waals surface area contributed by atoms with Crippen molar-refractivity contribution in [3.63, 3.8) is 0 Å². The normalized spacial score (nSPS) is 15.2. The lowest BCUT2D eigenvalue weighted by Gasteiger charge is -2.36. The van der Waals surface area contributed by atoms with Crippen LogP contribution in [-0.4, -0.2) is 41.9 Å². The molecule has 0 saturated heterocycles. The van der Waals surface area contributed by atoms with Crippen molar-refractivity contribution < 1.29 is 27.8 Å². The van der Waals surface area contributed by atoms with Crippen LogP contribution in [0, 0.1) is 11.6 Å². The fraction of sp³-hybridized carbons (Fsp3) is 0.217. The number of hydrogen-bond acceptors (Lipinski definition) is 5. The summed E-state index contributed by atoms with van der Waals surface area (Å²) < 4.78 is 40.6.